The first kappa shape index (κ1) is 30.2. The second-order valence-corrected chi connectivity index (χ2v) is 11.8. The number of benzene rings is 1. The largest absolute Gasteiger partial charge is 0.416 e. The number of fused-ring (bicyclic) bond motifs is 2. The monoisotopic (exact) mass is 619 g/mol. The molecule has 6 rings (SSSR count). The van der Waals surface area contributed by atoms with Gasteiger partial charge >= 0.3 is 6.18 Å². The number of aromatic nitrogens is 5. The Hall–Kier alpha value is -4.85. The van der Waals surface area contributed by atoms with E-state index in [1.807, 2.05) is 34.7 Å². The summed E-state index contributed by atoms with van der Waals surface area (Å²) in [6.07, 6.45) is 3.08. The molecule has 2 unspecified atom stereocenters. The van der Waals surface area contributed by atoms with Crippen LogP contribution in [0.5, 0.6) is 0 Å². The van der Waals surface area contributed by atoms with E-state index in [-0.39, 0.29) is 29.1 Å². The average Bonchev–Trinajstić information content (AvgIpc) is 3.69. The quantitative estimate of drug-likeness (QED) is 0.293. The van der Waals surface area contributed by atoms with E-state index in [1.165, 1.54) is 6.33 Å². The van der Waals surface area contributed by atoms with Crippen LogP contribution in [0.4, 0.5) is 24.8 Å². The minimum absolute atomic E-state index is 0.0401. The highest BCUT2D eigenvalue weighted by molar-refractivity contribution is 6.04. The molecule has 0 bridgehead atoms. The van der Waals surface area contributed by atoms with Crippen molar-refractivity contribution in [3.8, 4) is 11.3 Å². The number of carbonyl (C=O) groups excluding carboxylic acids is 2. The van der Waals surface area contributed by atoms with Gasteiger partial charge in [-0.1, -0.05) is 18.2 Å². The van der Waals surface area contributed by atoms with Gasteiger partial charge in [0.1, 0.15) is 23.7 Å². The molecule has 1 saturated carbocycles. The molecular formula is C31H32F3N9O2. The zero-order valence-electron chi connectivity index (χ0n) is 24.7. The minimum atomic E-state index is -4.55. The summed E-state index contributed by atoms with van der Waals surface area (Å²) < 4.78 is 41.1. The van der Waals surface area contributed by atoms with Gasteiger partial charge < -0.3 is 20.9 Å². The number of halogens is 3. The second kappa shape index (κ2) is 11.9. The van der Waals surface area contributed by atoms with Gasteiger partial charge in [-0.3, -0.25) is 9.59 Å². The number of alkyl halides is 3. The molecule has 2 amide bonds. The predicted octanol–water partition coefficient (Wildman–Crippen LogP) is 4.27. The smallest absolute Gasteiger partial charge is 0.383 e. The highest BCUT2D eigenvalue weighted by atomic mass is 19.4. The van der Waals surface area contributed by atoms with Crippen molar-refractivity contribution in [2.75, 3.05) is 44.8 Å². The van der Waals surface area contributed by atoms with Gasteiger partial charge in [0.25, 0.3) is 5.91 Å². The maximum Gasteiger partial charge on any atom is 0.416 e. The Bertz CT molecular complexity index is 1750. The standard InChI is InChI=1S/C31H32F3N9O2/c1-41(2)11-3-4-25(44)42-15-20-12-23(13-21(20)16-42)43-29-26(28(35)37-17-38-29)27(40-43)18-5-7-19(8-6-18)30(45)39-24-14-22(9-10-36-24)31(32,33)34/h3-10,14,17,20-21,23H,11-13,15-16H2,1-2H3,(H2,35,37,38)(H,36,39,45). The molecule has 2 atom stereocenters. The van der Waals surface area contributed by atoms with E-state index in [1.54, 1.807) is 30.3 Å². The van der Waals surface area contributed by atoms with Gasteiger partial charge in [-0.15, -0.1) is 0 Å². The lowest BCUT2D eigenvalue weighted by Crippen LogP contribution is -2.28. The van der Waals surface area contributed by atoms with Gasteiger partial charge in [0.2, 0.25) is 5.91 Å². The number of hydrogen-bond acceptors (Lipinski definition) is 8. The van der Waals surface area contributed by atoms with Crippen molar-refractivity contribution in [1.82, 2.24) is 34.5 Å². The molecule has 1 aliphatic heterocycles. The van der Waals surface area contributed by atoms with Crippen LogP contribution in [0.1, 0.15) is 34.8 Å². The van der Waals surface area contributed by atoms with Crippen LogP contribution < -0.4 is 11.1 Å². The number of nitrogens with zero attached hydrogens (tertiary/aromatic N) is 7. The fourth-order valence-corrected chi connectivity index (χ4v) is 6.21. The number of carbonyl (C=O) groups is 2. The summed E-state index contributed by atoms with van der Waals surface area (Å²) in [6.45, 7) is 2.12. The maximum absolute atomic E-state index is 13.1. The summed E-state index contributed by atoms with van der Waals surface area (Å²) in [5, 5.41) is 7.95. The lowest BCUT2D eigenvalue weighted by atomic mass is 10.0. The van der Waals surface area contributed by atoms with E-state index in [0.717, 1.165) is 31.2 Å². The van der Waals surface area contributed by atoms with Gasteiger partial charge in [-0.25, -0.2) is 19.6 Å². The molecule has 1 aromatic carbocycles. The Kier molecular flexibility index (Phi) is 7.99. The molecule has 0 spiro atoms. The van der Waals surface area contributed by atoms with Gasteiger partial charge in [0.15, 0.2) is 5.65 Å². The van der Waals surface area contributed by atoms with Crippen LogP contribution in [-0.4, -0.2) is 80.1 Å². The normalized spacial score (nSPS) is 20.0. The summed E-state index contributed by atoms with van der Waals surface area (Å²) in [4.78, 5) is 41.9. The van der Waals surface area contributed by atoms with Gasteiger partial charge in [-0.2, -0.15) is 18.3 Å². The highest BCUT2D eigenvalue weighted by Crippen LogP contribution is 2.45. The molecule has 1 saturated heterocycles. The zero-order valence-corrected chi connectivity index (χ0v) is 24.7. The number of rotatable bonds is 7. The van der Waals surface area contributed by atoms with Crippen LogP contribution in [0.25, 0.3) is 22.3 Å². The molecule has 14 heteroatoms. The molecule has 11 nitrogen and oxygen atoms in total. The van der Waals surface area contributed by atoms with Crippen LogP contribution in [-0.2, 0) is 11.0 Å². The fourth-order valence-electron chi connectivity index (χ4n) is 6.21. The summed E-state index contributed by atoms with van der Waals surface area (Å²) in [5.41, 5.74) is 7.47. The minimum Gasteiger partial charge on any atom is -0.383 e. The number of likely N-dealkylation sites (N-methyl/N-ethyl adjacent to an activating group) is 1. The van der Waals surface area contributed by atoms with Crippen molar-refractivity contribution < 1.29 is 22.8 Å². The Morgan fingerprint density at radius 1 is 1.07 bits per heavy atom. The van der Waals surface area contributed by atoms with E-state index in [2.05, 4.69) is 20.3 Å². The number of likely N-dealkylation sites (tertiary alicyclic amines) is 1. The number of nitrogen functional groups attached to an aromatic ring is 1. The van der Waals surface area contributed by atoms with Crippen LogP contribution in [0.2, 0.25) is 0 Å². The number of amides is 2. The molecule has 234 valence electrons. The van der Waals surface area contributed by atoms with Crippen molar-refractivity contribution in [1.29, 1.82) is 0 Å². The third-order valence-corrected chi connectivity index (χ3v) is 8.38. The summed E-state index contributed by atoms with van der Waals surface area (Å²) in [7, 11) is 3.91. The predicted molar refractivity (Wildman–Crippen MR) is 162 cm³/mol. The first-order valence-corrected chi connectivity index (χ1v) is 14.5. The number of anilines is 2. The first-order chi connectivity index (χ1) is 21.5. The Morgan fingerprint density at radius 2 is 1.78 bits per heavy atom. The zero-order chi connectivity index (χ0) is 31.9. The molecule has 1 aliphatic carbocycles. The van der Waals surface area contributed by atoms with Crippen LogP contribution >= 0.6 is 0 Å². The molecule has 4 heterocycles. The molecule has 45 heavy (non-hydrogen) atoms. The number of hydrogen-bond donors (Lipinski definition) is 2. The highest BCUT2D eigenvalue weighted by Gasteiger charge is 2.43. The third kappa shape index (κ3) is 6.23. The van der Waals surface area contributed by atoms with Crippen LogP contribution in [0.15, 0.2) is 61.1 Å². The van der Waals surface area contributed by atoms with E-state index in [9.17, 15) is 22.8 Å². The van der Waals surface area contributed by atoms with Crippen molar-refractivity contribution in [3.05, 3.63) is 72.2 Å². The van der Waals surface area contributed by atoms with Crippen LogP contribution in [0.3, 0.4) is 0 Å². The van der Waals surface area contributed by atoms with Crippen molar-refractivity contribution in [3.63, 3.8) is 0 Å². The Labute approximate surface area is 256 Å². The fraction of sp³-hybridized carbons (Fsp3) is 0.355. The Morgan fingerprint density at radius 3 is 2.44 bits per heavy atom. The molecule has 2 fully saturated rings. The molecule has 3 N–H and O–H groups in total. The van der Waals surface area contributed by atoms with Crippen LogP contribution in [0, 0.1) is 11.8 Å². The molecule has 0 radical (unpaired) electrons. The van der Waals surface area contributed by atoms with E-state index in [4.69, 9.17) is 10.8 Å². The second-order valence-electron chi connectivity index (χ2n) is 11.8. The van der Waals surface area contributed by atoms with Gasteiger partial charge in [-0.05, 0) is 63.0 Å². The number of nitrogens with two attached hydrogens (primary N) is 1. The SMILES string of the molecule is CN(C)CC=CC(=O)N1CC2CC(n3nc(-c4ccc(C(=O)Nc5cc(C(F)(F)F)ccn5)cc4)c4c(N)ncnc43)CC2C1. The van der Waals surface area contributed by atoms with E-state index >= 15 is 0 Å². The molecule has 3 aromatic heterocycles. The summed E-state index contributed by atoms with van der Waals surface area (Å²) in [5.74, 6) is 0.212. The molecule has 4 aromatic rings. The Balaban J connectivity index is 1.19. The molecular weight excluding hydrogens is 587 g/mol. The summed E-state index contributed by atoms with van der Waals surface area (Å²) in [6, 6.07) is 8.20. The average molecular weight is 620 g/mol. The lowest BCUT2D eigenvalue weighted by Gasteiger charge is -2.18. The van der Waals surface area contributed by atoms with Gasteiger partial charge in [0, 0.05) is 43.0 Å². The topological polar surface area (TPSA) is 135 Å². The summed E-state index contributed by atoms with van der Waals surface area (Å²) >= 11 is 0. The van der Waals surface area contributed by atoms with Crippen molar-refractivity contribution in [2.45, 2.75) is 25.1 Å². The van der Waals surface area contributed by atoms with E-state index < -0.39 is 17.6 Å². The third-order valence-electron chi connectivity index (χ3n) is 8.38. The molecule has 2 aliphatic rings. The van der Waals surface area contributed by atoms with E-state index in [0.29, 0.717) is 53.8 Å². The maximum atomic E-state index is 13.1. The first-order valence-electron chi connectivity index (χ1n) is 14.5. The number of pyridine rings is 1. The lowest BCUT2D eigenvalue weighted by molar-refractivity contribution is -0.137. The van der Waals surface area contributed by atoms with Crippen molar-refractivity contribution in [2.24, 2.45) is 11.8 Å². The van der Waals surface area contributed by atoms with Crippen molar-refractivity contribution >= 4 is 34.5 Å². The number of nitrogens with one attached hydrogen (secondary N) is 1. The van der Waals surface area contributed by atoms with Gasteiger partial charge in [0.05, 0.1) is 17.0 Å².